The van der Waals surface area contributed by atoms with Gasteiger partial charge in [0.05, 0.1) is 0 Å². The van der Waals surface area contributed by atoms with Gasteiger partial charge in [-0.25, -0.2) is 4.79 Å². The molecule has 132 valence electrons. The molecule has 3 heteroatoms. The van der Waals surface area contributed by atoms with Crippen LogP contribution in [0.4, 0.5) is 0 Å². The molecule has 2 heterocycles. The Bertz CT molecular complexity index is 1050. The van der Waals surface area contributed by atoms with E-state index in [-0.39, 0.29) is 11.7 Å². The molecule has 0 spiro atoms. The molecule has 0 N–H and O–H groups in total. The van der Waals surface area contributed by atoms with Crippen LogP contribution in [-0.2, 0) is 19.3 Å². The van der Waals surface area contributed by atoms with Gasteiger partial charge >= 0.3 is 5.63 Å². The quantitative estimate of drug-likeness (QED) is 0.579. The van der Waals surface area contributed by atoms with Crippen molar-refractivity contribution in [2.75, 3.05) is 0 Å². The van der Waals surface area contributed by atoms with Gasteiger partial charge in [-0.15, -0.1) is 0 Å². The van der Waals surface area contributed by atoms with Crippen molar-refractivity contribution >= 4 is 11.0 Å². The lowest BCUT2D eigenvalue weighted by Gasteiger charge is -2.29. The molecule has 0 fully saturated rings. The van der Waals surface area contributed by atoms with Crippen molar-refractivity contribution in [1.82, 2.24) is 0 Å². The normalized spacial score (nSPS) is 18.9. The molecule has 2 aliphatic rings. The van der Waals surface area contributed by atoms with Crippen LogP contribution >= 0.6 is 0 Å². The van der Waals surface area contributed by atoms with Crippen molar-refractivity contribution < 1.29 is 9.15 Å². The molecule has 3 aromatic rings. The fourth-order valence-electron chi connectivity index (χ4n) is 4.53. The first kappa shape index (κ1) is 15.7. The van der Waals surface area contributed by atoms with Gasteiger partial charge < -0.3 is 9.15 Å². The maximum atomic E-state index is 12.5. The molecule has 1 aliphatic carbocycles. The largest absolute Gasteiger partial charge is 0.485 e. The van der Waals surface area contributed by atoms with E-state index in [9.17, 15) is 4.79 Å². The van der Waals surface area contributed by atoms with E-state index in [4.69, 9.17) is 9.15 Å². The van der Waals surface area contributed by atoms with E-state index in [0.717, 1.165) is 60.8 Å². The average molecular weight is 346 g/mol. The summed E-state index contributed by atoms with van der Waals surface area (Å²) in [7, 11) is 0. The standard InChI is InChI=1S/C23H22O3/c1-14-21-16(11-12-20(25-21)15-7-3-2-4-8-15)13-19-17-9-5-6-10-18(17)23(24)26-22(14)19/h2-4,7-8,13,20H,5-6,9-12H2,1H3/t20-/m1/s1. The van der Waals surface area contributed by atoms with Crippen LogP contribution in [0.3, 0.4) is 0 Å². The van der Waals surface area contributed by atoms with Crippen LogP contribution in [0.1, 0.15) is 53.2 Å². The highest BCUT2D eigenvalue weighted by atomic mass is 16.5. The fraction of sp³-hybridized carbons (Fsp3) is 0.348. The summed E-state index contributed by atoms with van der Waals surface area (Å²) in [6.07, 6.45) is 6.06. The lowest BCUT2D eigenvalue weighted by Crippen LogP contribution is -2.19. The molecule has 5 rings (SSSR count). The molecular formula is C23H22O3. The number of ether oxygens (including phenoxy) is 1. The highest BCUT2D eigenvalue weighted by Crippen LogP contribution is 2.41. The maximum absolute atomic E-state index is 12.5. The van der Waals surface area contributed by atoms with Gasteiger partial charge in [0.2, 0.25) is 0 Å². The topological polar surface area (TPSA) is 39.4 Å². The van der Waals surface area contributed by atoms with Gasteiger partial charge in [0.1, 0.15) is 17.4 Å². The SMILES string of the molecule is Cc1c2c(cc3c4c(c(=O)oc13)CCCC4)CC[C@H](c1ccccc1)O2. The minimum atomic E-state index is -0.161. The molecule has 1 aromatic heterocycles. The number of hydrogen-bond acceptors (Lipinski definition) is 3. The number of aryl methyl sites for hydroxylation is 3. The summed E-state index contributed by atoms with van der Waals surface area (Å²) in [5, 5.41) is 1.12. The second kappa shape index (κ2) is 6.01. The summed E-state index contributed by atoms with van der Waals surface area (Å²) in [5.74, 6) is 0.900. The molecule has 0 saturated carbocycles. The molecule has 0 saturated heterocycles. The van der Waals surface area contributed by atoms with E-state index in [1.807, 2.05) is 25.1 Å². The van der Waals surface area contributed by atoms with Crippen LogP contribution in [-0.4, -0.2) is 0 Å². The molecule has 26 heavy (non-hydrogen) atoms. The monoisotopic (exact) mass is 346 g/mol. The minimum absolute atomic E-state index is 0.0594. The van der Waals surface area contributed by atoms with Gasteiger partial charge in [0.15, 0.2) is 0 Å². The Kier molecular flexibility index (Phi) is 3.63. The van der Waals surface area contributed by atoms with Crippen LogP contribution in [0.5, 0.6) is 5.75 Å². The van der Waals surface area contributed by atoms with Crippen molar-refractivity contribution in [1.29, 1.82) is 0 Å². The third-order valence-corrected chi connectivity index (χ3v) is 5.88. The van der Waals surface area contributed by atoms with Gasteiger partial charge in [-0.1, -0.05) is 30.3 Å². The van der Waals surface area contributed by atoms with Crippen molar-refractivity contribution in [2.24, 2.45) is 0 Å². The Balaban J connectivity index is 1.66. The molecule has 0 radical (unpaired) electrons. The average Bonchev–Trinajstić information content (AvgIpc) is 2.70. The minimum Gasteiger partial charge on any atom is -0.485 e. The zero-order chi connectivity index (χ0) is 17.7. The first-order valence-electron chi connectivity index (χ1n) is 9.55. The van der Waals surface area contributed by atoms with E-state index in [1.54, 1.807) is 0 Å². The van der Waals surface area contributed by atoms with Crippen molar-refractivity contribution in [2.45, 2.75) is 51.6 Å². The van der Waals surface area contributed by atoms with Crippen molar-refractivity contribution in [3.63, 3.8) is 0 Å². The van der Waals surface area contributed by atoms with Crippen LogP contribution in [0.15, 0.2) is 45.6 Å². The Morgan fingerprint density at radius 3 is 2.58 bits per heavy atom. The lowest BCUT2D eigenvalue weighted by atomic mass is 9.87. The van der Waals surface area contributed by atoms with Crippen LogP contribution < -0.4 is 10.4 Å². The Labute approximate surface area is 152 Å². The van der Waals surface area contributed by atoms with Crippen LogP contribution in [0.25, 0.3) is 11.0 Å². The third-order valence-electron chi connectivity index (χ3n) is 5.88. The lowest BCUT2D eigenvalue weighted by molar-refractivity contribution is 0.175. The van der Waals surface area contributed by atoms with E-state index >= 15 is 0 Å². The predicted molar refractivity (Wildman–Crippen MR) is 102 cm³/mol. The number of fused-ring (bicyclic) bond motifs is 4. The summed E-state index contributed by atoms with van der Waals surface area (Å²) in [4.78, 5) is 12.5. The summed E-state index contributed by atoms with van der Waals surface area (Å²) >= 11 is 0. The predicted octanol–water partition coefficient (Wildman–Crippen LogP) is 5.05. The van der Waals surface area contributed by atoms with Gasteiger partial charge in [-0.2, -0.15) is 0 Å². The molecule has 1 aliphatic heterocycles. The van der Waals surface area contributed by atoms with Crippen LogP contribution in [0, 0.1) is 6.92 Å². The zero-order valence-corrected chi connectivity index (χ0v) is 15.0. The smallest absolute Gasteiger partial charge is 0.339 e. The van der Waals surface area contributed by atoms with Gasteiger partial charge in [0.25, 0.3) is 0 Å². The summed E-state index contributed by atoms with van der Waals surface area (Å²) in [6, 6.07) is 12.6. The first-order valence-corrected chi connectivity index (χ1v) is 9.55. The maximum Gasteiger partial charge on any atom is 0.339 e. The molecule has 1 atom stereocenters. The Morgan fingerprint density at radius 1 is 1.00 bits per heavy atom. The summed E-state index contributed by atoms with van der Waals surface area (Å²) < 4.78 is 12.1. The molecule has 0 unspecified atom stereocenters. The van der Waals surface area contributed by atoms with Crippen LogP contribution in [0.2, 0.25) is 0 Å². The second-order valence-corrected chi connectivity index (χ2v) is 7.48. The molecule has 0 amide bonds. The van der Waals surface area contributed by atoms with Crippen molar-refractivity contribution in [3.8, 4) is 5.75 Å². The number of benzene rings is 2. The Morgan fingerprint density at radius 2 is 1.77 bits per heavy atom. The van der Waals surface area contributed by atoms with Gasteiger partial charge in [-0.05, 0) is 68.2 Å². The zero-order valence-electron chi connectivity index (χ0n) is 15.0. The molecule has 3 nitrogen and oxygen atoms in total. The van der Waals surface area contributed by atoms with E-state index in [1.165, 1.54) is 16.7 Å². The van der Waals surface area contributed by atoms with E-state index in [2.05, 4.69) is 18.2 Å². The third kappa shape index (κ3) is 2.38. The second-order valence-electron chi connectivity index (χ2n) is 7.48. The number of hydrogen-bond donors (Lipinski definition) is 0. The van der Waals surface area contributed by atoms with Gasteiger partial charge in [-0.3, -0.25) is 0 Å². The van der Waals surface area contributed by atoms with Crippen molar-refractivity contribution in [3.05, 3.63) is 74.6 Å². The molecular weight excluding hydrogens is 324 g/mol. The fourth-order valence-corrected chi connectivity index (χ4v) is 4.53. The highest BCUT2D eigenvalue weighted by Gasteiger charge is 2.27. The van der Waals surface area contributed by atoms with E-state index in [0.29, 0.717) is 5.58 Å². The molecule has 0 bridgehead atoms. The Hall–Kier alpha value is -2.55. The molecule has 2 aromatic carbocycles. The number of rotatable bonds is 1. The summed E-state index contributed by atoms with van der Waals surface area (Å²) in [6.45, 7) is 2.02. The highest BCUT2D eigenvalue weighted by molar-refractivity contribution is 5.87. The van der Waals surface area contributed by atoms with E-state index < -0.39 is 0 Å². The van der Waals surface area contributed by atoms with Gasteiger partial charge in [0, 0.05) is 16.5 Å². The summed E-state index contributed by atoms with van der Waals surface area (Å²) in [5.41, 5.74) is 6.05. The first-order chi connectivity index (χ1) is 12.7.